The molecule has 2 aromatic rings. The number of anilines is 1. The fraction of sp³-hybridized carbons (Fsp3) is 0.600. The molecule has 1 fully saturated rings. The summed E-state index contributed by atoms with van der Waals surface area (Å²) in [7, 11) is 0. The van der Waals surface area contributed by atoms with Gasteiger partial charge in [0.15, 0.2) is 11.5 Å². The zero-order valence-electron chi connectivity index (χ0n) is 19.8. The standard InChI is InChI=1S/C25H37N5O2/c1-4-10-28-12-14-30(15-13-28)25-26-17-21-19-29(11-9-22(21)27-25)18-20-7-8-23(31-5-2)24(16-20)32-6-3/h7-8,16-17H,4-6,9-15,18-19H2,1-3H3. The molecule has 0 spiro atoms. The quantitative estimate of drug-likeness (QED) is 0.594. The molecule has 2 aliphatic rings. The molecule has 0 amide bonds. The summed E-state index contributed by atoms with van der Waals surface area (Å²) in [5, 5.41) is 0. The Balaban J connectivity index is 1.38. The number of hydrogen-bond donors (Lipinski definition) is 0. The lowest BCUT2D eigenvalue weighted by atomic mass is 10.1. The second-order valence-electron chi connectivity index (χ2n) is 8.58. The van der Waals surface area contributed by atoms with Crippen LogP contribution in [0.15, 0.2) is 24.4 Å². The molecule has 0 bridgehead atoms. The maximum Gasteiger partial charge on any atom is 0.225 e. The Morgan fingerprint density at radius 2 is 1.69 bits per heavy atom. The number of rotatable bonds is 9. The van der Waals surface area contributed by atoms with Gasteiger partial charge in [0.25, 0.3) is 0 Å². The molecule has 0 unspecified atom stereocenters. The first kappa shape index (κ1) is 22.8. The fourth-order valence-electron chi connectivity index (χ4n) is 4.59. The summed E-state index contributed by atoms with van der Waals surface area (Å²) in [5.74, 6) is 2.55. The van der Waals surface area contributed by atoms with Crippen LogP contribution in [0.25, 0.3) is 0 Å². The van der Waals surface area contributed by atoms with Gasteiger partial charge >= 0.3 is 0 Å². The normalized spacial score (nSPS) is 17.3. The molecule has 1 saturated heterocycles. The third-order valence-electron chi connectivity index (χ3n) is 6.21. The maximum atomic E-state index is 5.80. The van der Waals surface area contributed by atoms with E-state index in [-0.39, 0.29) is 0 Å². The lowest BCUT2D eigenvalue weighted by molar-refractivity contribution is 0.241. The van der Waals surface area contributed by atoms with Crippen molar-refractivity contribution in [3.05, 3.63) is 41.2 Å². The number of piperazine rings is 1. The van der Waals surface area contributed by atoms with E-state index in [4.69, 9.17) is 19.4 Å². The molecule has 7 heteroatoms. The average molecular weight is 440 g/mol. The minimum Gasteiger partial charge on any atom is -0.490 e. The topological polar surface area (TPSA) is 54.0 Å². The highest BCUT2D eigenvalue weighted by Gasteiger charge is 2.23. The minimum atomic E-state index is 0.633. The number of hydrogen-bond acceptors (Lipinski definition) is 7. The van der Waals surface area contributed by atoms with Crippen LogP contribution in [-0.2, 0) is 19.5 Å². The number of aromatic nitrogens is 2. The third kappa shape index (κ3) is 5.51. The Labute approximate surface area is 192 Å². The van der Waals surface area contributed by atoms with Gasteiger partial charge in [-0.2, -0.15) is 0 Å². The van der Waals surface area contributed by atoms with Gasteiger partial charge in [-0.1, -0.05) is 13.0 Å². The number of ether oxygens (including phenoxy) is 2. The summed E-state index contributed by atoms with van der Waals surface area (Å²) in [5.41, 5.74) is 3.70. The first-order valence-electron chi connectivity index (χ1n) is 12.1. The Morgan fingerprint density at radius 1 is 0.906 bits per heavy atom. The highest BCUT2D eigenvalue weighted by Crippen LogP contribution is 2.30. The Hall–Kier alpha value is -2.38. The van der Waals surface area contributed by atoms with E-state index in [1.807, 2.05) is 26.1 Å². The molecule has 1 aromatic heterocycles. The predicted molar refractivity (Wildman–Crippen MR) is 128 cm³/mol. The first-order valence-corrected chi connectivity index (χ1v) is 12.1. The Bertz CT molecular complexity index is 883. The molecular formula is C25H37N5O2. The van der Waals surface area contributed by atoms with Gasteiger partial charge in [-0.3, -0.25) is 9.80 Å². The van der Waals surface area contributed by atoms with E-state index in [1.54, 1.807) is 0 Å². The van der Waals surface area contributed by atoms with E-state index in [1.165, 1.54) is 29.8 Å². The van der Waals surface area contributed by atoms with Gasteiger partial charge in [0.2, 0.25) is 5.95 Å². The molecule has 0 N–H and O–H groups in total. The molecule has 3 heterocycles. The second kappa shape index (κ2) is 11.0. The van der Waals surface area contributed by atoms with Crippen molar-refractivity contribution in [3.63, 3.8) is 0 Å². The molecule has 0 saturated carbocycles. The molecule has 0 aliphatic carbocycles. The number of fused-ring (bicyclic) bond motifs is 1. The molecule has 7 nitrogen and oxygen atoms in total. The number of nitrogens with zero attached hydrogens (tertiary/aromatic N) is 5. The number of benzene rings is 1. The van der Waals surface area contributed by atoms with Crippen LogP contribution in [0.3, 0.4) is 0 Å². The lowest BCUT2D eigenvalue weighted by Gasteiger charge is -2.35. The molecule has 174 valence electrons. The predicted octanol–water partition coefficient (Wildman–Crippen LogP) is 3.36. The van der Waals surface area contributed by atoms with Crippen LogP contribution < -0.4 is 14.4 Å². The SMILES string of the molecule is CCCN1CCN(c2ncc3c(n2)CCN(Cc2ccc(OCC)c(OCC)c2)C3)CC1. The van der Waals surface area contributed by atoms with Crippen molar-refractivity contribution in [2.24, 2.45) is 0 Å². The molecule has 0 atom stereocenters. The zero-order valence-corrected chi connectivity index (χ0v) is 19.8. The highest BCUT2D eigenvalue weighted by atomic mass is 16.5. The molecule has 4 rings (SSSR count). The minimum absolute atomic E-state index is 0.633. The van der Waals surface area contributed by atoms with Crippen LogP contribution in [0, 0.1) is 0 Å². The van der Waals surface area contributed by atoms with E-state index in [2.05, 4.69) is 33.8 Å². The van der Waals surface area contributed by atoms with Gasteiger partial charge in [-0.25, -0.2) is 9.97 Å². The van der Waals surface area contributed by atoms with E-state index in [9.17, 15) is 0 Å². The van der Waals surface area contributed by atoms with Crippen LogP contribution >= 0.6 is 0 Å². The van der Waals surface area contributed by atoms with Gasteiger partial charge in [0, 0.05) is 64.0 Å². The average Bonchev–Trinajstić information content (AvgIpc) is 2.81. The van der Waals surface area contributed by atoms with Gasteiger partial charge in [-0.05, 0) is 44.5 Å². The van der Waals surface area contributed by atoms with Crippen molar-refractivity contribution < 1.29 is 9.47 Å². The summed E-state index contributed by atoms with van der Waals surface area (Å²) >= 11 is 0. The first-order chi connectivity index (χ1) is 15.7. The van der Waals surface area contributed by atoms with E-state index in [0.717, 1.165) is 69.7 Å². The highest BCUT2D eigenvalue weighted by molar-refractivity contribution is 5.43. The summed E-state index contributed by atoms with van der Waals surface area (Å²) in [6.45, 7) is 15.7. The monoisotopic (exact) mass is 439 g/mol. The van der Waals surface area contributed by atoms with Gasteiger partial charge in [-0.15, -0.1) is 0 Å². The van der Waals surface area contributed by atoms with Crippen LogP contribution in [-0.4, -0.2) is 72.3 Å². The molecule has 2 aliphatic heterocycles. The maximum absolute atomic E-state index is 5.80. The molecule has 0 radical (unpaired) electrons. The van der Waals surface area contributed by atoms with Crippen molar-refractivity contribution in [2.45, 2.75) is 46.7 Å². The smallest absolute Gasteiger partial charge is 0.225 e. The molecule has 32 heavy (non-hydrogen) atoms. The van der Waals surface area contributed by atoms with E-state index in [0.29, 0.717) is 13.2 Å². The second-order valence-corrected chi connectivity index (χ2v) is 8.58. The van der Waals surface area contributed by atoms with E-state index < -0.39 is 0 Å². The van der Waals surface area contributed by atoms with Gasteiger partial charge in [0.05, 0.1) is 18.9 Å². The largest absolute Gasteiger partial charge is 0.490 e. The van der Waals surface area contributed by atoms with Crippen molar-refractivity contribution in [3.8, 4) is 11.5 Å². The summed E-state index contributed by atoms with van der Waals surface area (Å²) in [4.78, 5) is 17.0. The van der Waals surface area contributed by atoms with E-state index >= 15 is 0 Å². The van der Waals surface area contributed by atoms with Crippen LogP contribution in [0.2, 0.25) is 0 Å². The van der Waals surface area contributed by atoms with Gasteiger partial charge in [0.1, 0.15) is 0 Å². The van der Waals surface area contributed by atoms with Crippen LogP contribution in [0.5, 0.6) is 11.5 Å². The fourth-order valence-corrected chi connectivity index (χ4v) is 4.59. The van der Waals surface area contributed by atoms with Crippen LogP contribution in [0.4, 0.5) is 5.95 Å². The summed E-state index contributed by atoms with van der Waals surface area (Å²) in [6, 6.07) is 6.28. The van der Waals surface area contributed by atoms with Crippen molar-refractivity contribution in [1.29, 1.82) is 0 Å². The third-order valence-corrected chi connectivity index (χ3v) is 6.21. The molecular weight excluding hydrogens is 402 g/mol. The van der Waals surface area contributed by atoms with Crippen LogP contribution in [0.1, 0.15) is 44.0 Å². The van der Waals surface area contributed by atoms with Crippen molar-refractivity contribution in [2.75, 3.05) is 57.4 Å². The van der Waals surface area contributed by atoms with Crippen molar-refractivity contribution >= 4 is 5.95 Å². The Morgan fingerprint density at radius 3 is 2.44 bits per heavy atom. The Kier molecular flexibility index (Phi) is 7.81. The van der Waals surface area contributed by atoms with Crippen molar-refractivity contribution in [1.82, 2.24) is 19.8 Å². The van der Waals surface area contributed by atoms with Gasteiger partial charge < -0.3 is 14.4 Å². The zero-order chi connectivity index (χ0) is 22.3. The summed E-state index contributed by atoms with van der Waals surface area (Å²) < 4.78 is 11.5. The summed E-state index contributed by atoms with van der Waals surface area (Å²) in [6.07, 6.45) is 4.23. The molecule has 1 aromatic carbocycles. The lowest BCUT2D eigenvalue weighted by Crippen LogP contribution is -2.47.